The Morgan fingerprint density at radius 3 is 2.71 bits per heavy atom. The van der Waals surface area contributed by atoms with Gasteiger partial charge < -0.3 is 21.5 Å². The van der Waals surface area contributed by atoms with Crippen molar-refractivity contribution >= 4 is 23.6 Å². The molecular formula is C8H11N5O4. The van der Waals surface area contributed by atoms with Crippen LogP contribution in [0.5, 0.6) is 0 Å². The monoisotopic (exact) mass is 241 g/mol. The van der Waals surface area contributed by atoms with E-state index in [1.807, 2.05) is 0 Å². The van der Waals surface area contributed by atoms with Crippen LogP contribution in [0.25, 0.3) is 0 Å². The van der Waals surface area contributed by atoms with Gasteiger partial charge in [-0.1, -0.05) is 0 Å². The maximum absolute atomic E-state index is 11.3. The number of aromatic nitrogens is 2. The summed E-state index contributed by atoms with van der Waals surface area (Å²) >= 11 is 0. The third kappa shape index (κ3) is 4.20. The summed E-state index contributed by atoms with van der Waals surface area (Å²) in [5, 5.41) is 19.2. The van der Waals surface area contributed by atoms with E-state index in [9.17, 15) is 14.4 Å². The zero-order valence-electron chi connectivity index (χ0n) is 8.64. The lowest BCUT2D eigenvalue weighted by Crippen LogP contribution is -2.45. The second-order valence-corrected chi connectivity index (χ2v) is 3.15. The van der Waals surface area contributed by atoms with Crippen LogP contribution >= 0.6 is 0 Å². The van der Waals surface area contributed by atoms with E-state index in [2.05, 4.69) is 20.8 Å². The molecule has 0 saturated heterocycles. The van der Waals surface area contributed by atoms with Crippen molar-refractivity contribution in [3.8, 4) is 0 Å². The summed E-state index contributed by atoms with van der Waals surface area (Å²) in [7, 11) is 0. The molecule has 17 heavy (non-hydrogen) atoms. The molecule has 0 radical (unpaired) electrons. The summed E-state index contributed by atoms with van der Waals surface area (Å²) in [6, 6.07) is -2.13. The molecule has 0 aromatic carbocycles. The number of primary amides is 1. The molecule has 1 rings (SSSR count). The molecule has 9 heteroatoms. The van der Waals surface area contributed by atoms with Gasteiger partial charge in [0.15, 0.2) is 0 Å². The van der Waals surface area contributed by atoms with E-state index in [4.69, 9.17) is 10.8 Å². The summed E-state index contributed by atoms with van der Waals surface area (Å²) in [6.45, 7) is 0. The first-order chi connectivity index (χ1) is 7.99. The van der Waals surface area contributed by atoms with Crippen LogP contribution in [-0.4, -0.2) is 39.3 Å². The molecule has 0 aliphatic carbocycles. The minimum Gasteiger partial charge on any atom is -0.480 e. The summed E-state index contributed by atoms with van der Waals surface area (Å²) in [4.78, 5) is 32.6. The van der Waals surface area contributed by atoms with Crippen LogP contribution in [-0.2, 0) is 9.59 Å². The lowest BCUT2D eigenvalue weighted by molar-refractivity contribution is -0.140. The Bertz CT molecular complexity index is 416. The van der Waals surface area contributed by atoms with Gasteiger partial charge in [-0.2, -0.15) is 5.10 Å². The van der Waals surface area contributed by atoms with Crippen molar-refractivity contribution in [2.24, 2.45) is 5.73 Å². The lowest BCUT2D eigenvalue weighted by atomic mass is 10.2. The Morgan fingerprint density at radius 1 is 1.53 bits per heavy atom. The standard InChI is InChI=1S/C8H11N5O4/c9-6(14)1-5(7(15)16)13-8(17)12-4-2-10-11-3-4/h2-3,5H,1H2,(H2,9,14)(H,10,11)(H,15,16)(H2,12,13,17)/t5-/m1/s1. The van der Waals surface area contributed by atoms with Gasteiger partial charge in [-0.25, -0.2) is 9.59 Å². The molecule has 3 amide bonds. The summed E-state index contributed by atoms with van der Waals surface area (Å²) < 4.78 is 0. The van der Waals surface area contributed by atoms with Crippen molar-refractivity contribution < 1.29 is 19.5 Å². The number of H-pyrrole nitrogens is 1. The zero-order valence-corrected chi connectivity index (χ0v) is 8.64. The SMILES string of the molecule is NC(=O)C[C@@H](NC(=O)Nc1cn[nH]c1)C(=O)O. The second kappa shape index (κ2) is 5.49. The molecule has 0 fully saturated rings. The number of aromatic amines is 1. The molecule has 1 aromatic rings. The average Bonchev–Trinajstić information content (AvgIpc) is 2.68. The molecule has 0 aliphatic rings. The van der Waals surface area contributed by atoms with Gasteiger partial charge in [0.2, 0.25) is 5.91 Å². The maximum Gasteiger partial charge on any atom is 0.326 e. The number of carbonyl (C=O) groups is 3. The number of nitrogens with one attached hydrogen (secondary N) is 3. The molecule has 92 valence electrons. The van der Waals surface area contributed by atoms with Gasteiger partial charge >= 0.3 is 12.0 Å². The number of aliphatic carboxylic acids is 1. The summed E-state index contributed by atoms with van der Waals surface area (Å²) in [5.74, 6) is -2.16. The molecule has 0 aliphatic heterocycles. The lowest BCUT2D eigenvalue weighted by Gasteiger charge is -2.12. The van der Waals surface area contributed by atoms with Crippen molar-refractivity contribution in [1.29, 1.82) is 0 Å². The first-order valence-electron chi connectivity index (χ1n) is 4.56. The van der Waals surface area contributed by atoms with Crippen molar-refractivity contribution in [3.05, 3.63) is 12.4 Å². The van der Waals surface area contributed by atoms with Crippen LogP contribution in [0.3, 0.4) is 0 Å². The number of urea groups is 1. The first kappa shape index (κ1) is 12.5. The van der Waals surface area contributed by atoms with E-state index in [-0.39, 0.29) is 0 Å². The number of anilines is 1. The van der Waals surface area contributed by atoms with Crippen LogP contribution in [0, 0.1) is 0 Å². The molecule has 0 saturated carbocycles. The molecule has 0 spiro atoms. The van der Waals surface area contributed by atoms with E-state index in [0.717, 1.165) is 0 Å². The van der Waals surface area contributed by atoms with Gasteiger partial charge in [0.1, 0.15) is 6.04 Å². The molecule has 1 aromatic heterocycles. The number of carbonyl (C=O) groups excluding carboxylic acids is 2. The van der Waals surface area contributed by atoms with E-state index in [1.165, 1.54) is 12.4 Å². The van der Waals surface area contributed by atoms with E-state index in [1.54, 1.807) is 0 Å². The van der Waals surface area contributed by atoms with Gasteiger partial charge in [-0.15, -0.1) is 0 Å². The summed E-state index contributed by atoms with van der Waals surface area (Å²) in [6.07, 6.45) is 2.26. The normalized spacial score (nSPS) is 11.5. The average molecular weight is 241 g/mol. The van der Waals surface area contributed by atoms with Crippen LogP contribution in [0.2, 0.25) is 0 Å². The number of rotatable bonds is 5. The van der Waals surface area contributed by atoms with Crippen LogP contribution in [0.4, 0.5) is 10.5 Å². The van der Waals surface area contributed by atoms with Crippen molar-refractivity contribution in [3.63, 3.8) is 0 Å². The fourth-order valence-electron chi connectivity index (χ4n) is 1.05. The van der Waals surface area contributed by atoms with E-state index in [0.29, 0.717) is 5.69 Å². The minimum absolute atomic E-state index is 0.366. The van der Waals surface area contributed by atoms with Crippen LogP contribution in [0.15, 0.2) is 12.4 Å². The molecule has 6 N–H and O–H groups in total. The molecule has 0 bridgehead atoms. The fourth-order valence-corrected chi connectivity index (χ4v) is 1.05. The number of hydrogen-bond donors (Lipinski definition) is 5. The molecule has 1 heterocycles. The van der Waals surface area contributed by atoms with Crippen LogP contribution in [0.1, 0.15) is 6.42 Å². The van der Waals surface area contributed by atoms with Crippen LogP contribution < -0.4 is 16.4 Å². The quantitative estimate of drug-likeness (QED) is 0.441. The van der Waals surface area contributed by atoms with Gasteiger partial charge in [-0.05, 0) is 0 Å². The van der Waals surface area contributed by atoms with Crippen molar-refractivity contribution in [2.45, 2.75) is 12.5 Å². The highest BCUT2D eigenvalue weighted by molar-refractivity contribution is 5.93. The predicted octanol–water partition coefficient (Wildman–Crippen LogP) is -1.14. The smallest absolute Gasteiger partial charge is 0.326 e. The molecule has 9 nitrogen and oxygen atoms in total. The number of hydrogen-bond acceptors (Lipinski definition) is 4. The zero-order chi connectivity index (χ0) is 12.8. The number of amides is 3. The largest absolute Gasteiger partial charge is 0.480 e. The Morgan fingerprint density at radius 2 is 2.24 bits per heavy atom. The van der Waals surface area contributed by atoms with Gasteiger partial charge in [0.25, 0.3) is 0 Å². The molecule has 0 unspecified atom stereocenters. The highest BCUT2D eigenvalue weighted by Gasteiger charge is 2.22. The van der Waals surface area contributed by atoms with Crippen molar-refractivity contribution in [1.82, 2.24) is 15.5 Å². The Hall–Kier alpha value is -2.58. The van der Waals surface area contributed by atoms with Gasteiger partial charge in [-0.3, -0.25) is 9.89 Å². The number of nitrogens with zero attached hydrogens (tertiary/aromatic N) is 1. The minimum atomic E-state index is -1.36. The fraction of sp³-hybridized carbons (Fsp3) is 0.250. The Kier molecular flexibility index (Phi) is 4.03. The third-order valence-electron chi connectivity index (χ3n) is 1.76. The molecular weight excluding hydrogens is 230 g/mol. The predicted molar refractivity (Wildman–Crippen MR) is 56.0 cm³/mol. The molecule has 1 atom stereocenters. The van der Waals surface area contributed by atoms with Gasteiger partial charge in [0, 0.05) is 6.20 Å². The summed E-state index contributed by atoms with van der Waals surface area (Å²) in [5.41, 5.74) is 5.22. The van der Waals surface area contributed by atoms with E-state index < -0.39 is 30.4 Å². The first-order valence-corrected chi connectivity index (χ1v) is 4.56. The Balaban J connectivity index is 2.52. The Labute approximate surface area is 95.4 Å². The highest BCUT2D eigenvalue weighted by Crippen LogP contribution is 2.01. The van der Waals surface area contributed by atoms with Crippen molar-refractivity contribution in [2.75, 3.05) is 5.32 Å². The number of nitrogens with two attached hydrogens (primary N) is 1. The number of carboxylic acid groups (broad SMARTS) is 1. The topological polar surface area (TPSA) is 150 Å². The second-order valence-electron chi connectivity index (χ2n) is 3.15. The third-order valence-corrected chi connectivity index (χ3v) is 1.76. The number of carboxylic acids is 1. The van der Waals surface area contributed by atoms with E-state index >= 15 is 0 Å². The highest BCUT2D eigenvalue weighted by atomic mass is 16.4. The van der Waals surface area contributed by atoms with Gasteiger partial charge in [0.05, 0.1) is 18.3 Å². The maximum atomic E-state index is 11.3.